The SMILES string of the molecule is COc1cc(Cl)c(C)cc1NC(=O)C(=O)Nc1cccc(C#N)c1. The van der Waals surface area contributed by atoms with Gasteiger partial charge in [0.05, 0.1) is 24.4 Å². The number of anilines is 2. The van der Waals surface area contributed by atoms with Gasteiger partial charge in [-0.15, -0.1) is 0 Å². The lowest BCUT2D eigenvalue weighted by molar-refractivity contribution is -0.133. The maximum atomic E-state index is 12.1. The minimum absolute atomic E-state index is 0.338. The Morgan fingerprint density at radius 2 is 1.88 bits per heavy atom. The highest BCUT2D eigenvalue weighted by Crippen LogP contribution is 2.30. The molecule has 2 N–H and O–H groups in total. The van der Waals surface area contributed by atoms with E-state index in [1.807, 2.05) is 6.07 Å². The number of rotatable bonds is 3. The van der Waals surface area contributed by atoms with Gasteiger partial charge in [0.15, 0.2) is 0 Å². The highest BCUT2D eigenvalue weighted by atomic mass is 35.5. The second kappa shape index (κ2) is 7.49. The van der Waals surface area contributed by atoms with Crippen LogP contribution < -0.4 is 15.4 Å². The van der Waals surface area contributed by atoms with E-state index >= 15 is 0 Å². The molecule has 0 aromatic heterocycles. The Bertz CT molecular complexity index is 843. The molecule has 7 heteroatoms. The fourth-order valence-electron chi connectivity index (χ4n) is 1.96. The van der Waals surface area contributed by atoms with Gasteiger partial charge in [-0.3, -0.25) is 9.59 Å². The predicted molar refractivity (Wildman–Crippen MR) is 91.2 cm³/mol. The van der Waals surface area contributed by atoms with Crippen molar-refractivity contribution in [3.8, 4) is 11.8 Å². The van der Waals surface area contributed by atoms with E-state index in [1.165, 1.54) is 13.2 Å². The molecule has 24 heavy (non-hydrogen) atoms. The molecule has 0 fully saturated rings. The first-order chi connectivity index (χ1) is 11.4. The smallest absolute Gasteiger partial charge is 0.314 e. The lowest BCUT2D eigenvalue weighted by Crippen LogP contribution is -2.29. The Hall–Kier alpha value is -3.04. The second-order valence-corrected chi connectivity index (χ2v) is 5.31. The van der Waals surface area contributed by atoms with Crippen molar-refractivity contribution >= 4 is 34.8 Å². The van der Waals surface area contributed by atoms with Crippen LogP contribution in [0.5, 0.6) is 5.75 Å². The van der Waals surface area contributed by atoms with Gasteiger partial charge in [0.2, 0.25) is 0 Å². The van der Waals surface area contributed by atoms with Crippen molar-refractivity contribution in [2.24, 2.45) is 0 Å². The molecule has 2 amide bonds. The van der Waals surface area contributed by atoms with Crippen LogP contribution in [0.4, 0.5) is 11.4 Å². The standard InChI is InChI=1S/C17H14ClN3O3/c1-10-6-14(15(24-2)8-13(10)18)21-17(23)16(22)20-12-5-3-4-11(7-12)9-19/h3-8H,1-2H3,(H,20,22)(H,21,23). The minimum Gasteiger partial charge on any atom is -0.495 e. The number of carbonyl (C=O) groups is 2. The third-order valence-corrected chi connectivity index (χ3v) is 3.59. The molecule has 0 aliphatic rings. The summed E-state index contributed by atoms with van der Waals surface area (Å²) in [6, 6.07) is 11.4. The van der Waals surface area contributed by atoms with E-state index < -0.39 is 11.8 Å². The second-order valence-electron chi connectivity index (χ2n) is 4.90. The summed E-state index contributed by atoms with van der Waals surface area (Å²) in [7, 11) is 1.43. The van der Waals surface area contributed by atoms with Gasteiger partial charge in [-0.1, -0.05) is 17.7 Å². The lowest BCUT2D eigenvalue weighted by atomic mass is 10.2. The molecule has 2 aromatic rings. The summed E-state index contributed by atoms with van der Waals surface area (Å²) in [5.41, 5.74) is 1.80. The number of nitrogens with one attached hydrogen (secondary N) is 2. The van der Waals surface area contributed by atoms with Crippen LogP contribution in [-0.2, 0) is 9.59 Å². The average Bonchev–Trinajstić information content (AvgIpc) is 2.57. The fourth-order valence-corrected chi connectivity index (χ4v) is 2.12. The van der Waals surface area contributed by atoms with Crippen LogP contribution in [0, 0.1) is 18.3 Å². The Balaban J connectivity index is 2.13. The van der Waals surface area contributed by atoms with Crippen LogP contribution in [0.2, 0.25) is 5.02 Å². The largest absolute Gasteiger partial charge is 0.495 e. The third-order valence-electron chi connectivity index (χ3n) is 3.18. The number of ether oxygens (including phenoxy) is 1. The molecular formula is C17H14ClN3O3. The van der Waals surface area contributed by atoms with Crippen molar-refractivity contribution in [3.05, 3.63) is 52.5 Å². The Labute approximate surface area is 144 Å². The third kappa shape index (κ3) is 4.03. The normalized spacial score (nSPS) is 9.75. The Kier molecular flexibility index (Phi) is 5.40. The number of aryl methyl sites for hydroxylation is 1. The van der Waals surface area contributed by atoms with E-state index in [4.69, 9.17) is 21.6 Å². The lowest BCUT2D eigenvalue weighted by Gasteiger charge is -2.12. The van der Waals surface area contributed by atoms with Crippen molar-refractivity contribution in [1.29, 1.82) is 5.26 Å². The molecule has 0 atom stereocenters. The summed E-state index contributed by atoms with van der Waals surface area (Å²) in [6.45, 7) is 1.77. The molecule has 0 spiro atoms. The molecule has 0 aliphatic carbocycles. The summed E-state index contributed by atoms with van der Waals surface area (Å²) >= 11 is 6.00. The molecule has 2 aromatic carbocycles. The maximum absolute atomic E-state index is 12.1. The number of amides is 2. The van der Waals surface area contributed by atoms with Crippen molar-refractivity contribution in [2.45, 2.75) is 6.92 Å². The van der Waals surface area contributed by atoms with Crippen LogP contribution >= 0.6 is 11.6 Å². The fraction of sp³-hybridized carbons (Fsp3) is 0.118. The van der Waals surface area contributed by atoms with Crippen LogP contribution in [0.15, 0.2) is 36.4 Å². The van der Waals surface area contributed by atoms with Crippen LogP contribution in [0.3, 0.4) is 0 Å². The van der Waals surface area contributed by atoms with Crippen molar-refractivity contribution < 1.29 is 14.3 Å². The molecule has 0 aliphatic heterocycles. The van der Waals surface area contributed by atoms with Crippen molar-refractivity contribution in [1.82, 2.24) is 0 Å². The van der Waals surface area contributed by atoms with Crippen molar-refractivity contribution in [3.63, 3.8) is 0 Å². The molecule has 6 nitrogen and oxygen atoms in total. The van der Waals surface area contributed by atoms with Gasteiger partial charge in [0.1, 0.15) is 5.75 Å². The van der Waals surface area contributed by atoms with Crippen LogP contribution in [0.25, 0.3) is 0 Å². The van der Waals surface area contributed by atoms with Gasteiger partial charge in [0.25, 0.3) is 0 Å². The minimum atomic E-state index is -0.864. The van der Waals surface area contributed by atoms with Gasteiger partial charge >= 0.3 is 11.8 Å². The first kappa shape index (κ1) is 17.3. The Morgan fingerprint density at radius 1 is 1.17 bits per heavy atom. The molecule has 0 unspecified atom stereocenters. The van der Waals surface area contributed by atoms with E-state index in [2.05, 4.69) is 10.6 Å². The van der Waals surface area contributed by atoms with Gasteiger partial charge in [0, 0.05) is 16.8 Å². The molecule has 0 heterocycles. The number of methoxy groups -OCH3 is 1. The summed E-state index contributed by atoms with van der Waals surface area (Å²) in [5.74, 6) is -1.38. The highest BCUT2D eigenvalue weighted by Gasteiger charge is 2.17. The van der Waals surface area contributed by atoms with E-state index in [9.17, 15) is 9.59 Å². The van der Waals surface area contributed by atoms with Crippen LogP contribution in [0.1, 0.15) is 11.1 Å². The topological polar surface area (TPSA) is 91.2 Å². The number of hydrogen-bond acceptors (Lipinski definition) is 4. The van der Waals surface area contributed by atoms with E-state index in [1.54, 1.807) is 37.3 Å². The number of nitriles is 1. The number of benzene rings is 2. The summed E-state index contributed by atoms with van der Waals surface area (Å²) in [4.78, 5) is 24.1. The molecular weight excluding hydrogens is 330 g/mol. The first-order valence-electron chi connectivity index (χ1n) is 6.91. The number of nitrogens with zero attached hydrogens (tertiary/aromatic N) is 1. The zero-order valence-electron chi connectivity index (χ0n) is 13.0. The Morgan fingerprint density at radius 3 is 2.54 bits per heavy atom. The monoisotopic (exact) mass is 343 g/mol. The van der Waals surface area contributed by atoms with Gasteiger partial charge in [-0.2, -0.15) is 5.26 Å². The molecule has 0 bridgehead atoms. The number of carbonyl (C=O) groups excluding carboxylic acids is 2. The highest BCUT2D eigenvalue weighted by molar-refractivity contribution is 6.43. The molecule has 2 rings (SSSR count). The molecule has 122 valence electrons. The molecule has 0 saturated heterocycles. The van der Waals surface area contributed by atoms with Crippen LogP contribution in [-0.4, -0.2) is 18.9 Å². The number of halogens is 1. The summed E-state index contributed by atoms with van der Waals surface area (Å²) in [5, 5.41) is 14.2. The predicted octanol–water partition coefficient (Wildman–Crippen LogP) is 3.11. The van der Waals surface area contributed by atoms with Crippen molar-refractivity contribution in [2.75, 3.05) is 17.7 Å². The number of hydrogen-bond donors (Lipinski definition) is 2. The van der Waals surface area contributed by atoms with Gasteiger partial charge in [-0.05, 0) is 36.8 Å². The van der Waals surface area contributed by atoms with Gasteiger partial charge in [-0.25, -0.2) is 0 Å². The molecule has 0 radical (unpaired) electrons. The van der Waals surface area contributed by atoms with Gasteiger partial charge < -0.3 is 15.4 Å². The zero-order chi connectivity index (χ0) is 17.7. The molecule has 0 saturated carbocycles. The average molecular weight is 344 g/mol. The quantitative estimate of drug-likeness (QED) is 0.838. The van der Waals surface area contributed by atoms with E-state index in [0.717, 1.165) is 5.56 Å². The van der Waals surface area contributed by atoms with E-state index in [-0.39, 0.29) is 0 Å². The maximum Gasteiger partial charge on any atom is 0.314 e. The summed E-state index contributed by atoms with van der Waals surface area (Å²) < 4.78 is 5.14. The summed E-state index contributed by atoms with van der Waals surface area (Å²) in [6.07, 6.45) is 0. The van der Waals surface area contributed by atoms with E-state index in [0.29, 0.717) is 27.7 Å². The zero-order valence-corrected chi connectivity index (χ0v) is 13.8. The first-order valence-corrected chi connectivity index (χ1v) is 7.29.